The maximum absolute atomic E-state index is 13.2. The number of aromatic nitrogens is 2. The molecule has 1 saturated heterocycles. The topological polar surface area (TPSA) is 26.1 Å². The van der Waals surface area contributed by atoms with E-state index in [-0.39, 0.29) is 36.8 Å². The van der Waals surface area contributed by atoms with Gasteiger partial charge in [-0.25, -0.2) is 0 Å². The Kier molecular flexibility index (Phi) is 9.82. The second-order valence-corrected chi connectivity index (χ2v) is 13.0. The molecule has 0 saturated carbocycles. The van der Waals surface area contributed by atoms with Crippen LogP contribution in [0.15, 0.2) is 94.9 Å². The Morgan fingerprint density at radius 3 is 2.46 bits per heavy atom. The molecule has 238 valence electrons. The van der Waals surface area contributed by atoms with E-state index in [0.717, 1.165) is 52.5 Å². The van der Waals surface area contributed by atoms with Crippen LogP contribution in [0, 0.1) is 5.92 Å². The minimum atomic E-state index is -4.08. The highest BCUT2D eigenvalue weighted by Gasteiger charge is 2.41. The van der Waals surface area contributed by atoms with Crippen molar-refractivity contribution in [2.75, 3.05) is 31.1 Å². The molecule has 5 aromatic rings. The van der Waals surface area contributed by atoms with E-state index < -0.39 is 12.1 Å². The average molecular weight is 753 g/mol. The molecule has 3 aromatic carbocycles. The van der Waals surface area contributed by atoms with Gasteiger partial charge in [0, 0.05) is 40.9 Å². The van der Waals surface area contributed by atoms with Crippen LogP contribution in [-0.2, 0) is 7.05 Å². The number of halogens is 4. The lowest BCUT2D eigenvalue weighted by molar-refractivity contribution is -0.646. The van der Waals surface area contributed by atoms with Gasteiger partial charge in [-0.2, -0.15) is 17.7 Å². The van der Waals surface area contributed by atoms with Gasteiger partial charge in [0.05, 0.1) is 22.0 Å². The summed E-state index contributed by atoms with van der Waals surface area (Å²) >= 11 is 1.78. The molecule has 0 bridgehead atoms. The summed E-state index contributed by atoms with van der Waals surface area (Å²) in [4.78, 5) is 9.28. The minimum absolute atomic E-state index is 0. The van der Waals surface area contributed by atoms with Crippen molar-refractivity contribution in [1.29, 1.82) is 0 Å². The van der Waals surface area contributed by atoms with E-state index in [9.17, 15) is 13.2 Å². The first-order valence-corrected chi connectivity index (χ1v) is 16.4. The second-order valence-electron chi connectivity index (χ2n) is 12.0. The normalized spacial score (nSPS) is 17.0. The first-order valence-electron chi connectivity index (χ1n) is 15.6. The number of hydrogen-bond donors (Lipinski definition) is 1. The largest absolute Gasteiger partial charge is 1.00 e. The van der Waals surface area contributed by atoms with Crippen LogP contribution in [-0.4, -0.2) is 42.2 Å². The molecule has 0 aliphatic carbocycles. The van der Waals surface area contributed by atoms with Gasteiger partial charge in [0.2, 0.25) is 11.2 Å². The van der Waals surface area contributed by atoms with E-state index in [0.29, 0.717) is 13.1 Å². The van der Waals surface area contributed by atoms with Gasteiger partial charge < -0.3 is 38.8 Å². The van der Waals surface area contributed by atoms with Crippen molar-refractivity contribution in [1.82, 2.24) is 9.88 Å². The van der Waals surface area contributed by atoms with Crippen molar-refractivity contribution in [3.05, 3.63) is 107 Å². The molecule has 7 rings (SSSR count). The zero-order valence-electron chi connectivity index (χ0n) is 25.6. The fourth-order valence-corrected chi connectivity index (χ4v) is 7.72. The highest BCUT2D eigenvalue weighted by atomic mass is 127. The molecule has 9 heteroatoms. The summed E-state index contributed by atoms with van der Waals surface area (Å²) in [6.45, 7) is 2.63. The molecule has 46 heavy (non-hydrogen) atoms. The Morgan fingerprint density at radius 2 is 1.65 bits per heavy atom. The van der Waals surface area contributed by atoms with Crippen molar-refractivity contribution >= 4 is 57.5 Å². The number of rotatable bonds is 7. The Morgan fingerprint density at radius 1 is 0.913 bits per heavy atom. The van der Waals surface area contributed by atoms with Crippen LogP contribution in [0.3, 0.4) is 0 Å². The molecular formula is C37H36F3IN4S. The summed E-state index contributed by atoms with van der Waals surface area (Å²) in [6.07, 6.45) is 3.79. The van der Waals surface area contributed by atoms with Gasteiger partial charge in [0.15, 0.2) is 0 Å². The zero-order valence-corrected chi connectivity index (χ0v) is 28.6. The lowest BCUT2D eigenvalue weighted by Gasteiger charge is -2.33. The zero-order chi connectivity index (χ0) is 31.0. The number of thioether (sulfide) groups is 1. The average Bonchev–Trinajstić information content (AvgIpc) is 3.62. The second kappa shape index (κ2) is 13.8. The van der Waals surface area contributed by atoms with Crippen LogP contribution in [0.1, 0.15) is 36.2 Å². The first kappa shape index (κ1) is 32.7. The Hall–Kier alpha value is -3.28. The van der Waals surface area contributed by atoms with Crippen molar-refractivity contribution in [3.8, 4) is 0 Å². The molecule has 4 heterocycles. The summed E-state index contributed by atoms with van der Waals surface area (Å²) in [7, 11) is 2.11. The SMILES string of the molecule is C[n+]1c(/C=C/c2cc3ccccc3[nH]2)cc(/C=C2\Sc3ccccc3N2CCCN2CCC(C(F)(F)F)CC2)c2ccccc21.[I-]. The summed E-state index contributed by atoms with van der Waals surface area (Å²) < 4.78 is 41.7. The van der Waals surface area contributed by atoms with E-state index in [1.807, 2.05) is 6.07 Å². The Bertz CT molecular complexity index is 1870. The highest BCUT2D eigenvalue weighted by molar-refractivity contribution is 8.03. The Balaban J connectivity index is 0.00000372. The van der Waals surface area contributed by atoms with Gasteiger partial charge in [-0.15, -0.1) is 0 Å². The number of benzene rings is 3. The fraction of sp³-hybridized carbons (Fsp3) is 0.270. The van der Waals surface area contributed by atoms with Gasteiger partial charge >= 0.3 is 6.18 Å². The van der Waals surface area contributed by atoms with Crippen LogP contribution in [0.4, 0.5) is 18.9 Å². The van der Waals surface area contributed by atoms with Crippen LogP contribution in [0.5, 0.6) is 0 Å². The number of nitrogens with zero attached hydrogens (tertiary/aromatic N) is 3. The monoisotopic (exact) mass is 752 g/mol. The van der Waals surface area contributed by atoms with Gasteiger partial charge in [-0.1, -0.05) is 54.2 Å². The quantitative estimate of drug-likeness (QED) is 0.166. The molecule has 2 aliphatic heterocycles. The molecule has 1 N–H and O–H groups in total. The number of pyridine rings is 1. The van der Waals surface area contributed by atoms with E-state index in [4.69, 9.17) is 0 Å². The number of alkyl halides is 3. The smallest absolute Gasteiger partial charge is 0.391 e. The molecule has 0 unspecified atom stereocenters. The van der Waals surface area contributed by atoms with Crippen LogP contribution in [0.2, 0.25) is 0 Å². The maximum atomic E-state index is 13.2. The first-order chi connectivity index (χ1) is 21.8. The fourth-order valence-electron chi connectivity index (χ4n) is 6.58. The molecule has 4 nitrogen and oxygen atoms in total. The number of anilines is 1. The minimum Gasteiger partial charge on any atom is -1.00 e. The third-order valence-electron chi connectivity index (χ3n) is 9.07. The number of aromatic amines is 1. The van der Waals surface area contributed by atoms with Crippen molar-refractivity contribution in [3.63, 3.8) is 0 Å². The number of H-pyrrole nitrogens is 1. The third kappa shape index (κ3) is 6.87. The van der Waals surface area contributed by atoms with Crippen LogP contribution in [0.25, 0.3) is 40.0 Å². The van der Waals surface area contributed by atoms with E-state index in [1.54, 1.807) is 11.8 Å². The molecular weight excluding hydrogens is 716 g/mol. The number of nitrogens with one attached hydrogen (secondary N) is 1. The van der Waals surface area contributed by atoms with Crippen molar-refractivity contribution in [2.45, 2.75) is 30.3 Å². The third-order valence-corrected chi connectivity index (χ3v) is 10.2. The summed E-state index contributed by atoms with van der Waals surface area (Å²) in [5.41, 5.74) is 6.75. The molecule has 0 radical (unpaired) electrons. The number of piperidine rings is 1. The molecule has 0 atom stereocenters. The standard InChI is InChI=1S/C37H35F3N4S.HI/c1-42-30(16-15-29-23-26-9-2-4-11-32(26)41-29)24-27(31-10-3-5-12-33(31)42)25-36-44(34-13-6-7-14-35(34)45-36)20-8-19-43-21-17-28(18-22-43)37(38,39)40;/h2-7,9-16,23-25,28H,8,17-22H2,1H3;1H/b36-25-;. The molecule has 2 aliphatic rings. The lowest BCUT2D eigenvalue weighted by Crippen LogP contribution is -3.00. The molecule has 2 aromatic heterocycles. The van der Waals surface area contributed by atoms with E-state index in [1.165, 1.54) is 21.4 Å². The Labute approximate surface area is 289 Å². The molecule has 0 spiro atoms. The van der Waals surface area contributed by atoms with Gasteiger partial charge in [-0.3, -0.25) is 0 Å². The highest BCUT2D eigenvalue weighted by Crippen LogP contribution is 2.47. The summed E-state index contributed by atoms with van der Waals surface area (Å²) in [5.74, 6) is -1.16. The number of hydrogen-bond acceptors (Lipinski definition) is 3. The predicted molar refractivity (Wildman–Crippen MR) is 180 cm³/mol. The number of fused-ring (bicyclic) bond motifs is 3. The van der Waals surface area contributed by atoms with Gasteiger partial charge in [-0.05, 0) is 92.3 Å². The van der Waals surface area contributed by atoms with E-state index in [2.05, 4.69) is 123 Å². The van der Waals surface area contributed by atoms with Gasteiger partial charge in [0.25, 0.3) is 0 Å². The number of likely N-dealkylation sites (tertiary alicyclic amines) is 1. The summed E-state index contributed by atoms with van der Waals surface area (Å²) in [5, 5.41) is 3.53. The molecule has 0 amide bonds. The lowest BCUT2D eigenvalue weighted by atomic mass is 9.96. The predicted octanol–water partition coefficient (Wildman–Crippen LogP) is 5.90. The maximum Gasteiger partial charge on any atom is 0.391 e. The van der Waals surface area contributed by atoms with E-state index >= 15 is 0 Å². The van der Waals surface area contributed by atoms with Crippen LogP contribution < -0.4 is 33.4 Å². The van der Waals surface area contributed by atoms with Gasteiger partial charge in [0.1, 0.15) is 7.05 Å². The number of aryl methyl sites for hydroxylation is 1. The van der Waals surface area contributed by atoms with Crippen molar-refractivity contribution < 1.29 is 41.7 Å². The number of para-hydroxylation sites is 3. The van der Waals surface area contributed by atoms with Crippen molar-refractivity contribution in [2.24, 2.45) is 13.0 Å². The molecule has 1 fully saturated rings. The summed E-state index contributed by atoms with van der Waals surface area (Å²) in [6, 6.07) is 29.7. The van der Waals surface area contributed by atoms with Crippen LogP contribution >= 0.6 is 11.8 Å².